The molecule has 4 rings (SSSR count). The second-order valence-electron chi connectivity index (χ2n) is 10.9. The normalized spacial score (nSPS) is 19.2. The van der Waals surface area contributed by atoms with Gasteiger partial charge in [0.15, 0.2) is 0 Å². The number of nitrogens with one attached hydrogen (secondary N) is 3. The molecule has 242 valence electrons. The van der Waals surface area contributed by atoms with Crippen molar-refractivity contribution in [3.8, 4) is 11.5 Å². The Morgan fingerprint density at radius 2 is 1.50 bits per heavy atom. The minimum Gasteiger partial charge on any atom is -0.493 e. The molecule has 4 N–H and O–H groups in total. The zero-order valence-corrected chi connectivity index (χ0v) is 25.6. The van der Waals surface area contributed by atoms with Crippen molar-refractivity contribution >= 4 is 29.6 Å². The van der Waals surface area contributed by atoms with Crippen molar-refractivity contribution in [3.05, 3.63) is 95.6 Å². The van der Waals surface area contributed by atoms with Gasteiger partial charge in [-0.3, -0.25) is 19.2 Å². The van der Waals surface area contributed by atoms with Crippen LogP contribution in [0.15, 0.2) is 78.9 Å². The highest BCUT2D eigenvalue weighted by Gasteiger charge is 2.25. The van der Waals surface area contributed by atoms with Crippen LogP contribution in [0, 0.1) is 0 Å². The standard InChI is InChI=1S/C34H38N4O8/c1-38-21-31(40)35-18-9-19-45-28-14-7-5-12-25(28)32(41)37-27(34(43)44)16-17-30(39)36-24(20-23-10-3-2-4-11-23)22-46-29-15-8-6-13-26(29)33(38)42/h2-8,10-15,24,27H,9,16-22H2,1H3,(H,35,40)(H,36,39)(H,37,41)(H,43,44)/t24-,27-/m0/s1. The van der Waals surface area contributed by atoms with Crippen LogP contribution in [-0.2, 0) is 20.8 Å². The SMILES string of the molecule is CN1CC(=O)NCCCOc2ccccc2C(=O)N[C@H](C(=O)O)CCC(=O)N[C@@H](Cc2ccccc2)COc2ccccc2C1=O. The van der Waals surface area contributed by atoms with E-state index >= 15 is 0 Å². The topological polar surface area (TPSA) is 163 Å². The number of fused-ring (bicyclic) bond motifs is 2. The van der Waals surface area contributed by atoms with E-state index in [1.807, 2.05) is 30.3 Å². The molecule has 0 fully saturated rings. The van der Waals surface area contributed by atoms with Gasteiger partial charge in [-0.1, -0.05) is 54.6 Å². The van der Waals surface area contributed by atoms with Crippen LogP contribution in [0.4, 0.5) is 0 Å². The zero-order chi connectivity index (χ0) is 32.9. The molecule has 0 spiro atoms. The van der Waals surface area contributed by atoms with Gasteiger partial charge in [0.05, 0.1) is 30.3 Å². The van der Waals surface area contributed by atoms with E-state index in [-0.39, 0.29) is 67.7 Å². The Hall–Kier alpha value is -5.39. The molecule has 0 saturated heterocycles. The second kappa shape index (κ2) is 16.6. The number of aliphatic carboxylic acids is 1. The van der Waals surface area contributed by atoms with Crippen molar-refractivity contribution in [1.82, 2.24) is 20.9 Å². The summed E-state index contributed by atoms with van der Waals surface area (Å²) in [4.78, 5) is 65.4. The number of para-hydroxylation sites is 2. The molecule has 12 nitrogen and oxygen atoms in total. The van der Waals surface area contributed by atoms with Crippen LogP contribution in [0.1, 0.15) is 45.5 Å². The van der Waals surface area contributed by atoms with Crippen molar-refractivity contribution < 1.29 is 38.6 Å². The van der Waals surface area contributed by atoms with E-state index in [1.54, 1.807) is 42.5 Å². The van der Waals surface area contributed by atoms with Gasteiger partial charge in [0.25, 0.3) is 11.8 Å². The molecule has 0 saturated carbocycles. The number of nitrogens with zero attached hydrogens (tertiary/aromatic N) is 1. The van der Waals surface area contributed by atoms with E-state index < -0.39 is 35.8 Å². The van der Waals surface area contributed by atoms with Crippen LogP contribution in [0.25, 0.3) is 0 Å². The number of carbonyl (C=O) groups is 5. The van der Waals surface area contributed by atoms with Gasteiger partial charge in [0, 0.05) is 20.0 Å². The predicted octanol–water partition coefficient (Wildman–Crippen LogP) is 2.43. The van der Waals surface area contributed by atoms with Crippen LogP contribution in [0.3, 0.4) is 0 Å². The van der Waals surface area contributed by atoms with Crippen molar-refractivity contribution in [3.63, 3.8) is 0 Å². The highest BCUT2D eigenvalue weighted by molar-refractivity contribution is 5.99. The van der Waals surface area contributed by atoms with Gasteiger partial charge in [-0.2, -0.15) is 0 Å². The number of ether oxygens (including phenoxy) is 2. The third-order valence-corrected chi connectivity index (χ3v) is 7.27. The summed E-state index contributed by atoms with van der Waals surface area (Å²) < 4.78 is 11.8. The van der Waals surface area contributed by atoms with Gasteiger partial charge < -0.3 is 35.4 Å². The second-order valence-corrected chi connectivity index (χ2v) is 10.9. The van der Waals surface area contributed by atoms with Gasteiger partial charge in [-0.15, -0.1) is 0 Å². The van der Waals surface area contributed by atoms with Crippen LogP contribution < -0.4 is 25.4 Å². The van der Waals surface area contributed by atoms with Crippen LogP contribution >= 0.6 is 0 Å². The van der Waals surface area contributed by atoms with E-state index in [9.17, 15) is 29.1 Å². The molecule has 1 heterocycles. The van der Waals surface area contributed by atoms with Crippen molar-refractivity contribution in [1.29, 1.82) is 0 Å². The third-order valence-electron chi connectivity index (χ3n) is 7.27. The molecule has 0 radical (unpaired) electrons. The Kier molecular flexibility index (Phi) is 12.1. The molecular formula is C34H38N4O8. The van der Waals surface area contributed by atoms with Gasteiger partial charge in [0.1, 0.15) is 24.1 Å². The first-order valence-corrected chi connectivity index (χ1v) is 15.0. The third kappa shape index (κ3) is 9.81. The summed E-state index contributed by atoms with van der Waals surface area (Å²) in [5.74, 6) is -2.60. The van der Waals surface area contributed by atoms with E-state index in [0.717, 1.165) is 5.56 Å². The van der Waals surface area contributed by atoms with E-state index in [0.29, 0.717) is 12.8 Å². The van der Waals surface area contributed by atoms with Gasteiger partial charge >= 0.3 is 5.97 Å². The van der Waals surface area contributed by atoms with Gasteiger partial charge in [-0.05, 0) is 49.1 Å². The number of hydrogen-bond acceptors (Lipinski definition) is 7. The Bertz CT molecular complexity index is 1530. The molecule has 3 aromatic carbocycles. The molecule has 12 heteroatoms. The van der Waals surface area contributed by atoms with Crippen molar-refractivity contribution in [2.45, 2.75) is 37.8 Å². The summed E-state index contributed by atoms with van der Waals surface area (Å²) in [6.45, 7) is 0.246. The largest absolute Gasteiger partial charge is 0.493 e. The zero-order valence-electron chi connectivity index (χ0n) is 25.6. The number of benzene rings is 3. The summed E-state index contributed by atoms with van der Waals surface area (Å²) in [5, 5.41) is 18.0. The maximum atomic E-state index is 13.3. The molecule has 4 amide bonds. The molecule has 0 unspecified atom stereocenters. The highest BCUT2D eigenvalue weighted by Crippen LogP contribution is 2.21. The minimum atomic E-state index is -1.33. The number of carboxylic acid groups (broad SMARTS) is 1. The van der Waals surface area contributed by atoms with Crippen molar-refractivity contribution in [2.75, 3.05) is 33.4 Å². The van der Waals surface area contributed by atoms with Crippen LogP contribution in [0.5, 0.6) is 11.5 Å². The van der Waals surface area contributed by atoms with Gasteiger partial charge in [0.2, 0.25) is 11.8 Å². The summed E-state index contributed by atoms with van der Waals surface area (Å²) in [6, 6.07) is 20.6. The fourth-order valence-electron chi connectivity index (χ4n) is 4.89. The summed E-state index contributed by atoms with van der Waals surface area (Å²) in [5.41, 5.74) is 1.33. The lowest BCUT2D eigenvalue weighted by Gasteiger charge is -2.22. The van der Waals surface area contributed by atoms with Gasteiger partial charge in [-0.25, -0.2) is 4.79 Å². The minimum absolute atomic E-state index is 0.00497. The Labute approximate surface area is 267 Å². The highest BCUT2D eigenvalue weighted by atomic mass is 16.5. The van der Waals surface area contributed by atoms with E-state index in [4.69, 9.17) is 9.47 Å². The first-order chi connectivity index (χ1) is 22.2. The predicted molar refractivity (Wildman–Crippen MR) is 169 cm³/mol. The molecule has 1 aliphatic rings. The lowest BCUT2D eigenvalue weighted by Crippen LogP contribution is -2.44. The quantitative estimate of drug-likeness (QED) is 0.343. The average Bonchev–Trinajstić information content (AvgIpc) is 3.05. The number of likely N-dealkylation sites (N-methyl/N-ethyl adjacent to an activating group) is 1. The molecule has 0 bridgehead atoms. The number of amides is 4. The fourth-order valence-corrected chi connectivity index (χ4v) is 4.89. The first kappa shape index (κ1) is 33.5. The molecule has 1 aliphatic heterocycles. The fraction of sp³-hybridized carbons (Fsp3) is 0.324. The molecule has 46 heavy (non-hydrogen) atoms. The molecule has 0 aliphatic carbocycles. The first-order valence-electron chi connectivity index (χ1n) is 15.0. The Morgan fingerprint density at radius 1 is 0.848 bits per heavy atom. The maximum Gasteiger partial charge on any atom is 0.326 e. The molecule has 0 aromatic heterocycles. The lowest BCUT2D eigenvalue weighted by molar-refractivity contribution is -0.139. The number of hydrogen-bond donors (Lipinski definition) is 4. The Balaban J connectivity index is 1.57. The summed E-state index contributed by atoms with van der Waals surface area (Å²) in [7, 11) is 1.52. The van der Waals surface area contributed by atoms with Crippen molar-refractivity contribution in [2.24, 2.45) is 0 Å². The molecule has 3 aromatic rings. The number of rotatable bonds is 3. The Morgan fingerprint density at radius 3 is 2.22 bits per heavy atom. The smallest absolute Gasteiger partial charge is 0.326 e. The number of carboxylic acids is 1. The lowest BCUT2D eigenvalue weighted by atomic mass is 10.1. The monoisotopic (exact) mass is 630 g/mol. The number of carbonyl (C=O) groups excluding carboxylic acids is 4. The maximum absolute atomic E-state index is 13.3. The summed E-state index contributed by atoms with van der Waals surface area (Å²) >= 11 is 0. The average molecular weight is 631 g/mol. The van der Waals surface area contributed by atoms with Crippen LogP contribution in [-0.4, -0.2) is 85.0 Å². The van der Waals surface area contributed by atoms with Crippen LogP contribution in [0.2, 0.25) is 0 Å². The molecular weight excluding hydrogens is 592 g/mol. The van der Waals surface area contributed by atoms with E-state index in [2.05, 4.69) is 16.0 Å². The van der Waals surface area contributed by atoms with E-state index in [1.165, 1.54) is 18.0 Å². The molecule has 2 atom stereocenters. The summed E-state index contributed by atoms with van der Waals surface area (Å²) in [6.07, 6.45) is 0.478.